The summed E-state index contributed by atoms with van der Waals surface area (Å²) in [6.07, 6.45) is 0. The number of esters is 1. The summed E-state index contributed by atoms with van der Waals surface area (Å²) in [6, 6.07) is 14.3. The van der Waals surface area contributed by atoms with Crippen LogP contribution in [0.2, 0.25) is 0 Å². The summed E-state index contributed by atoms with van der Waals surface area (Å²) >= 11 is 1.46. The SMILES string of the molecule is COC(=O)c1cc(CNC(=O)c2ccc(S(=O)(=O)NCc3cccs3)cc2)ccc1OC. The molecular weight excluding hydrogens is 452 g/mol. The standard InChI is InChI=1S/C22H22N2O6S2/c1-29-20-10-5-15(12-19(20)22(26)30-2)13-23-21(25)16-6-8-18(9-7-16)32(27,28)24-14-17-4-3-11-31-17/h3-12,24H,13-14H2,1-2H3,(H,23,25). The van der Waals surface area contributed by atoms with Crippen LogP contribution in [0.15, 0.2) is 64.9 Å². The summed E-state index contributed by atoms with van der Waals surface area (Å²) in [5, 5.41) is 4.62. The topological polar surface area (TPSA) is 111 Å². The molecule has 1 heterocycles. The van der Waals surface area contributed by atoms with Crippen LogP contribution in [0.3, 0.4) is 0 Å². The molecule has 0 saturated carbocycles. The minimum Gasteiger partial charge on any atom is -0.496 e. The van der Waals surface area contributed by atoms with Crippen molar-refractivity contribution in [3.8, 4) is 5.75 Å². The number of hydrogen-bond donors (Lipinski definition) is 2. The maximum atomic E-state index is 12.5. The number of ether oxygens (including phenoxy) is 2. The Bertz CT molecular complexity index is 1190. The Hall–Kier alpha value is -3.21. The van der Waals surface area contributed by atoms with E-state index in [1.807, 2.05) is 17.5 Å². The van der Waals surface area contributed by atoms with Crippen LogP contribution in [0.25, 0.3) is 0 Å². The van der Waals surface area contributed by atoms with Crippen LogP contribution >= 0.6 is 11.3 Å². The molecule has 0 saturated heterocycles. The van der Waals surface area contributed by atoms with Gasteiger partial charge in [-0.3, -0.25) is 4.79 Å². The lowest BCUT2D eigenvalue weighted by Gasteiger charge is -2.11. The molecule has 1 aromatic heterocycles. The highest BCUT2D eigenvalue weighted by molar-refractivity contribution is 7.89. The van der Waals surface area contributed by atoms with Gasteiger partial charge in [-0.15, -0.1) is 11.3 Å². The van der Waals surface area contributed by atoms with Gasteiger partial charge in [-0.1, -0.05) is 12.1 Å². The summed E-state index contributed by atoms with van der Waals surface area (Å²) in [5.41, 5.74) is 1.24. The molecule has 0 fully saturated rings. The number of carbonyl (C=O) groups is 2. The van der Waals surface area contributed by atoms with E-state index in [0.29, 0.717) is 16.9 Å². The average Bonchev–Trinajstić information content (AvgIpc) is 3.34. The van der Waals surface area contributed by atoms with Crippen molar-refractivity contribution >= 4 is 33.2 Å². The van der Waals surface area contributed by atoms with E-state index in [0.717, 1.165) is 4.88 Å². The van der Waals surface area contributed by atoms with Crippen LogP contribution < -0.4 is 14.8 Å². The first kappa shape index (κ1) is 23.5. The Morgan fingerprint density at radius 2 is 1.75 bits per heavy atom. The fourth-order valence-corrected chi connectivity index (χ4v) is 4.61. The third-order valence-electron chi connectivity index (χ3n) is 4.57. The Morgan fingerprint density at radius 3 is 2.38 bits per heavy atom. The van der Waals surface area contributed by atoms with E-state index in [1.165, 1.54) is 49.8 Å². The number of benzene rings is 2. The maximum Gasteiger partial charge on any atom is 0.341 e. The second-order valence-electron chi connectivity index (χ2n) is 6.64. The first-order valence-corrected chi connectivity index (χ1v) is 11.9. The number of methoxy groups -OCH3 is 2. The largest absolute Gasteiger partial charge is 0.496 e. The molecule has 3 rings (SSSR count). The van der Waals surface area contributed by atoms with Crippen molar-refractivity contribution in [1.82, 2.24) is 10.0 Å². The third kappa shape index (κ3) is 5.72. The van der Waals surface area contributed by atoms with Crippen molar-refractivity contribution in [3.63, 3.8) is 0 Å². The average molecular weight is 475 g/mol. The van der Waals surface area contributed by atoms with Crippen molar-refractivity contribution in [2.45, 2.75) is 18.0 Å². The van der Waals surface area contributed by atoms with Gasteiger partial charge in [-0.25, -0.2) is 17.9 Å². The van der Waals surface area contributed by atoms with Crippen molar-refractivity contribution in [2.75, 3.05) is 14.2 Å². The van der Waals surface area contributed by atoms with Gasteiger partial charge in [0.05, 0.1) is 19.1 Å². The van der Waals surface area contributed by atoms with Gasteiger partial charge >= 0.3 is 5.97 Å². The molecule has 2 N–H and O–H groups in total. The van der Waals surface area contributed by atoms with E-state index < -0.39 is 16.0 Å². The van der Waals surface area contributed by atoms with Gasteiger partial charge in [0.25, 0.3) is 5.91 Å². The monoisotopic (exact) mass is 474 g/mol. The smallest absolute Gasteiger partial charge is 0.341 e. The van der Waals surface area contributed by atoms with Crippen LogP contribution in [0.5, 0.6) is 5.75 Å². The van der Waals surface area contributed by atoms with Crippen molar-refractivity contribution in [3.05, 3.63) is 81.5 Å². The number of amides is 1. The maximum absolute atomic E-state index is 12.5. The van der Waals surface area contributed by atoms with E-state index in [-0.39, 0.29) is 29.5 Å². The van der Waals surface area contributed by atoms with Gasteiger partial charge in [0.2, 0.25) is 10.0 Å². The molecule has 3 aromatic rings. The molecule has 2 aromatic carbocycles. The molecule has 0 unspecified atom stereocenters. The van der Waals surface area contributed by atoms with Gasteiger partial charge in [0, 0.05) is 23.5 Å². The molecule has 8 nitrogen and oxygen atoms in total. The number of nitrogens with one attached hydrogen (secondary N) is 2. The highest BCUT2D eigenvalue weighted by atomic mass is 32.2. The Balaban J connectivity index is 1.63. The molecule has 10 heteroatoms. The summed E-state index contributed by atoms with van der Waals surface area (Å²) in [7, 11) is -0.962. The zero-order chi connectivity index (χ0) is 23.1. The van der Waals surface area contributed by atoms with Gasteiger partial charge in [0.1, 0.15) is 11.3 Å². The van der Waals surface area contributed by atoms with Crippen molar-refractivity contribution < 1.29 is 27.5 Å². The van der Waals surface area contributed by atoms with Crippen LogP contribution in [-0.4, -0.2) is 34.5 Å². The molecule has 1 amide bonds. The quantitative estimate of drug-likeness (QED) is 0.462. The van der Waals surface area contributed by atoms with Gasteiger partial charge < -0.3 is 14.8 Å². The Morgan fingerprint density at radius 1 is 1.00 bits per heavy atom. The molecule has 0 bridgehead atoms. The molecule has 0 atom stereocenters. The van der Waals surface area contributed by atoms with Gasteiger partial charge in [0.15, 0.2) is 0 Å². The minimum atomic E-state index is -3.69. The molecule has 0 aliphatic carbocycles. The molecule has 32 heavy (non-hydrogen) atoms. The second kappa shape index (κ2) is 10.4. The van der Waals surface area contributed by atoms with E-state index in [2.05, 4.69) is 10.0 Å². The first-order chi connectivity index (χ1) is 15.3. The van der Waals surface area contributed by atoms with Gasteiger partial charge in [-0.05, 0) is 53.4 Å². The molecule has 0 aliphatic heterocycles. The normalized spacial score (nSPS) is 11.1. The highest BCUT2D eigenvalue weighted by Crippen LogP contribution is 2.21. The number of thiophene rings is 1. The van der Waals surface area contributed by atoms with Crippen LogP contribution in [0.1, 0.15) is 31.2 Å². The van der Waals surface area contributed by atoms with Crippen molar-refractivity contribution in [1.29, 1.82) is 0 Å². The van der Waals surface area contributed by atoms with E-state index >= 15 is 0 Å². The molecule has 0 aliphatic rings. The van der Waals surface area contributed by atoms with E-state index in [4.69, 9.17) is 9.47 Å². The molecule has 168 valence electrons. The summed E-state index contributed by atoms with van der Waals surface area (Å²) in [5.74, 6) is -0.549. The Kier molecular flexibility index (Phi) is 7.62. The zero-order valence-electron chi connectivity index (χ0n) is 17.5. The lowest BCUT2D eigenvalue weighted by Crippen LogP contribution is -2.24. The lowest BCUT2D eigenvalue weighted by atomic mass is 10.1. The number of carbonyl (C=O) groups excluding carboxylic acids is 2. The van der Waals surface area contributed by atoms with Crippen LogP contribution in [0, 0.1) is 0 Å². The lowest BCUT2D eigenvalue weighted by molar-refractivity contribution is 0.0597. The first-order valence-electron chi connectivity index (χ1n) is 9.49. The van der Waals surface area contributed by atoms with Gasteiger partial charge in [-0.2, -0.15) is 0 Å². The predicted octanol–water partition coefficient (Wildman–Crippen LogP) is 2.95. The number of hydrogen-bond acceptors (Lipinski definition) is 7. The fraction of sp³-hybridized carbons (Fsp3) is 0.182. The number of sulfonamides is 1. The fourth-order valence-electron chi connectivity index (χ4n) is 2.87. The van der Waals surface area contributed by atoms with E-state index in [9.17, 15) is 18.0 Å². The second-order valence-corrected chi connectivity index (χ2v) is 9.44. The predicted molar refractivity (Wildman–Crippen MR) is 120 cm³/mol. The number of rotatable bonds is 9. The van der Waals surface area contributed by atoms with Crippen LogP contribution in [0.4, 0.5) is 0 Å². The third-order valence-corrected chi connectivity index (χ3v) is 6.86. The molecule has 0 radical (unpaired) electrons. The minimum absolute atomic E-state index is 0.0727. The summed E-state index contributed by atoms with van der Waals surface area (Å²) in [4.78, 5) is 25.3. The summed E-state index contributed by atoms with van der Waals surface area (Å²) in [6.45, 7) is 0.368. The zero-order valence-corrected chi connectivity index (χ0v) is 19.1. The van der Waals surface area contributed by atoms with Crippen LogP contribution in [-0.2, 0) is 27.8 Å². The van der Waals surface area contributed by atoms with E-state index in [1.54, 1.807) is 18.2 Å². The molecule has 0 spiro atoms. The Labute approximate surface area is 190 Å². The molecular formula is C22H22N2O6S2. The highest BCUT2D eigenvalue weighted by Gasteiger charge is 2.16. The summed E-state index contributed by atoms with van der Waals surface area (Å²) < 4.78 is 37.3. The van der Waals surface area contributed by atoms with Crippen molar-refractivity contribution in [2.24, 2.45) is 0 Å².